The summed E-state index contributed by atoms with van der Waals surface area (Å²) < 4.78 is 5.30. The smallest absolute Gasteiger partial charge is 0.0676 e. The Hall–Kier alpha value is -0.120. The largest absolute Gasteiger partial charge is 0.396 e. The lowest BCUT2D eigenvalue weighted by Crippen LogP contribution is -2.31. The molecule has 3 heteroatoms. The summed E-state index contributed by atoms with van der Waals surface area (Å²) in [4.78, 5) is 0. The van der Waals surface area contributed by atoms with Crippen LogP contribution in [0.1, 0.15) is 6.42 Å². The molecule has 0 aromatic rings. The number of hydrogen-bond donors (Lipinski definition) is 2. The summed E-state index contributed by atoms with van der Waals surface area (Å²) in [5, 5.41) is 18.2. The van der Waals surface area contributed by atoms with Crippen molar-refractivity contribution in [1.29, 1.82) is 0 Å². The van der Waals surface area contributed by atoms with E-state index in [1.54, 1.807) is 7.11 Å². The summed E-state index contributed by atoms with van der Waals surface area (Å²) in [7, 11) is 1.67. The summed E-state index contributed by atoms with van der Waals surface area (Å²) >= 11 is 0. The summed E-state index contributed by atoms with van der Waals surface area (Å²) in [6.45, 7) is 0.409. The standard InChI is InChI=1S/C9H16O3/c1-12-9-7(3-10)5-2-6(5)8(9)4-11/h5-11H,2-4H2,1H3. The van der Waals surface area contributed by atoms with Gasteiger partial charge in [-0.15, -0.1) is 0 Å². The summed E-state index contributed by atoms with van der Waals surface area (Å²) in [6, 6.07) is 0. The minimum Gasteiger partial charge on any atom is -0.396 e. The van der Waals surface area contributed by atoms with Crippen molar-refractivity contribution in [3.8, 4) is 0 Å². The van der Waals surface area contributed by atoms with Gasteiger partial charge >= 0.3 is 0 Å². The molecule has 2 fully saturated rings. The molecular weight excluding hydrogens is 156 g/mol. The van der Waals surface area contributed by atoms with E-state index in [1.165, 1.54) is 6.42 Å². The zero-order valence-electron chi connectivity index (χ0n) is 7.31. The van der Waals surface area contributed by atoms with Gasteiger partial charge in [0.15, 0.2) is 0 Å². The third kappa shape index (κ3) is 1.00. The van der Waals surface area contributed by atoms with Crippen LogP contribution in [0.3, 0.4) is 0 Å². The van der Waals surface area contributed by atoms with E-state index in [2.05, 4.69) is 0 Å². The van der Waals surface area contributed by atoms with E-state index in [4.69, 9.17) is 14.9 Å². The Morgan fingerprint density at radius 3 is 2.00 bits per heavy atom. The van der Waals surface area contributed by atoms with Gasteiger partial charge in [-0.2, -0.15) is 0 Å². The lowest BCUT2D eigenvalue weighted by molar-refractivity contribution is -0.0138. The third-order valence-electron chi connectivity index (χ3n) is 3.53. The van der Waals surface area contributed by atoms with Crippen LogP contribution in [0.4, 0.5) is 0 Å². The number of fused-ring (bicyclic) bond motifs is 1. The van der Waals surface area contributed by atoms with Gasteiger partial charge in [0.1, 0.15) is 0 Å². The molecule has 4 unspecified atom stereocenters. The first kappa shape index (κ1) is 8.48. The molecule has 2 aliphatic carbocycles. The van der Waals surface area contributed by atoms with Crippen molar-refractivity contribution in [3.63, 3.8) is 0 Å². The third-order valence-corrected chi connectivity index (χ3v) is 3.53. The zero-order chi connectivity index (χ0) is 8.72. The van der Waals surface area contributed by atoms with Gasteiger partial charge in [-0.05, 0) is 18.3 Å². The van der Waals surface area contributed by atoms with Crippen LogP contribution in [0.25, 0.3) is 0 Å². The lowest BCUT2D eigenvalue weighted by atomic mass is 9.95. The second-order valence-corrected chi connectivity index (χ2v) is 3.96. The number of methoxy groups -OCH3 is 1. The molecule has 3 nitrogen and oxygen atoms in total. The predicted octanol–water partition coefficient (Wildman–Crippen LogP) is -0.132. The average Bonchev–Trinajstić information content (AvgIpc) is 2.80. The van der Waals surface area contributed by atoms with E-state index < -0.39 is 0 Å². The first-order chi connectivity index (χ1) is 5.83. The van der Waals surface area contributed by atoms with Gasteiger partial charge in [0, 0.05) is 32.2 Å². The van der Waals surface area contributed by atoms with E-state index in [1.807, 2.05) is 0 Å². The lowest BCUT2D eigenvalue weighted by Gasteiger charge is -2.24. The fraction of sp³-hybridized carbons (Fsp3) is 1.00. The van der Waals surface area contributed by atoms with Gasteiger partial charge in [-0.3, -0.25) is 0 Å². The van der Waals surface area contributed by atoms with E-state index in [-0.39, 0.29) is 31.2 Å². The molecule has 2 aliphatic rings. The molecule has 2 rings (SSSR count). The second-order valence-electron chi connectivity index (χ2n) is 3.96. The fourth-order valence-corrected chi connectivity index (χ4v) is 2.85. The van der Waals surface area contributed by atoms with Crippen molar-refractivity contribution < 1.29 is 14.9 Å². The highest BCUT2D eigenvalue weighted by molar-refractivity contribution is 5.07. The molecule has 0 bridgehead atoms. The Balaban J connectivity index is 2.07. The van der Waals surface area contributed by atoms with Crippen LogP contribution >= 0.6 is 0 Å². The minimum atomic E-state index is 0.0868. The molecule has 0 aromatic carbocycles. The topological polar surface area (TPSA) is 49.7 Å². The van der Waals surface area contributed by atoms with Crippen molar-refractivity contribution >= 4 is 0 Å². The number of hydrogen-bond acceptors (Lipinski definition) is 3. The predicted molar refractivity (Wildman–Crippen MR) is 43.5 cm³/mol. The SMILES string of the molecule is COC1C(CO)C2CC2C1CO. The van der Waals surface area contributed by atoms with Gasteiger partial charge in [-0.25, -0.2) is 0 Å². The highest BCUT2D eigenvalue weighted by Gasteiger charge is 2.59. The molecule has 4 atom stereocenters. The van der Waals surface area contributed by atoms with Gasteiger partial charge in [0.25, 0.3) is 0 Å². The van der Waals surface area contributed by atoms with Crippen LogP contribution in [0.2, 0.25) is 0 Å². The highest BCUT2D eigenvalue weighted by atomic mass is 16.5. The van der Waals surface area contributed by atoms with Gasteiger partial charge in [0.2, 0.25) is 0 Å². The fourth-order valence-electron chi connectivity index (χ4n) is 2.85. The normalized spacial score (nSPS) is 50.8. The van der Waals surface area contributed by atoms with Crippen molar-refractivity contribution in [1.82, 2.24) is 0 Å². The molecule has 0 aromatic heterocycles. The monoisotopic (exact) mass is 172 g/mol. The van der Waals surface area contributed by atoms with Crippen molar-refractivity contribution in [2.24, 2.45) is 23.7 Å². The summed E-state index contributed by atoms with van der Waals surface area (Å²) in [6.07, 6.45) is 1.26. The number of aliphatic hydroxyl groups excluding tert-OH is 2. The Bertz CT molecular complexity index is 155. The van der Waals surface area contributed by atoms with E-state index >= 15 is 0 Å². The average molecular weight is 172 g/mol. The molecule has 0 amide bonds. The molecule has 2 N–H and O–H groups in total. The van der Waals surface area contributed by atoms with Crippen LogP contribution in [-0.4, -0.2) is 36.6 Å². The first-order valence-corrected chi connectivity index (χ1v) is 4.58. The van der Waals surface area contributed by atoms with Gasteiger partial charge in [-0.1, -0.05) is 0 Å². The second kappa shape index (κ2) is 2.98. The van der Waals surface area contributed by atoms with Crippen LogP contribution in [-0.2, 0) is 4.74 Å². The molecule has 0 saturated heterocycles. The zero-order valence-corrected chi connectivity index (χ0v) is 7.31. The first-order valence-electron chi connectivity index (χ1n) is 4.58. The van der Waals surface area contributed by atoms with Crippen molar-refractivity contribution in [2.75, 3.05) is 20.3 Å². The maximum Gasteiger partial charge on any atom is 0.0676 e. The maximum absolute atomic E-state index is 9.12. The molecule has 2 saturated carbocycles. The Morgan fingerprint density at radius 2 is 1.67 bits per heavy atom. The number of aliphatic hydroxyl groups is 2. The van der Waals surface area contributed by atoms with Crippen LogP contribution in [0.5, 0.6) is 0 Å². The molecule has 0 aliphatic heterocycles. The molecular formula is C9H16O3. The Kier molecular flexibility index (Phi) is 2.10. The minimum absolute atomic E-state index is 0.0868. The quantitative estimate of drug-likeness (QED) is 0.623. The van der Waals surface area contributed by atoms with E-state index in [0.29, 0.717) is 11.8 Å². The van der Waals surface area contributed by atoms with Crippen molar-refractivity contribution in [3.05, 3.63) is 0 Å². The molecule has 0 spiro atoms. The van der Waals surface area contributed by atoms with Crippen LogP contribution in [0, 0.1) is 23.7 Å². The van der Waals surface area contributed by atoms with Crippen molar-refractivity contribution in [2.45, 2.75) is 12.5 Å². The summed E-state index contributed by atoms with van der Waals surface area (Å²) in [5.74, 6) is 1.79. The van der Waals surface area contributed by atoms with E-state index in [0.717, 1.165) is 0 Å². The van der Waals surface area contributed by atoms with Crippen LogP contribution < -0.4 is 0 Å². The molecule has 0 heterocycles. The molecule has 12 heavy (non-hydrogen) atoms. The van der Waals surface area contributed by atoms with Gasteiger partial charge < -0.3 is 14.9 Å². The van der Waals surface area contributed by atoms with E-state index in [9.17, 15) is 0 Å². The maximum atomic E-state index is 9.12. The number of rotatable bonds is 3. The Labute approximate surface area is 72.3 Å². The van der Waals surface area contributed by atoms with Gasteiger partial charge in [0.05, 0.1) is 6.10 Å². The van der Waals surface area contributed by atoms with Crippen LogP contribution in [0.15, 0.2) is 0 Å². The summed E-state index contributed by atoms with van der Waals surface area (Å²) in [5.41, 5.74) is 0. The Morgan fingerprint density at radius 1 is 1.17 bits per heavy atom. The molecule has 70 valence electrons. The highest BCUT2D eigenvalue weighted by Crippen LogP contribution is 2.58. The number of ether oxygens (including phenoxy) is 1. The molecule has 0 radical (unpaired) electrons.